The van der Waals surface area contributed by atoms with Crippen LogP contribution in [-0.2, 0) is 17.5 Å². The summed E-state index contributed by atoms with van der Waals surface area (Å²) in [5.41, 5.74) is 1.12. The van der Waals surface area contributed by atoms with Gasteiger partial charge in [-0.05, 0) is 39.2 Å². The Balaban J connectivity index is 2.92. The number of imidazole rings is 1. The van der Waals surface area contributed by atoms with Gasteiger partial charge < -0.3 is 4.57 Å². The molecule has 1 N–H and O–H groups in total. The van der Waals surface area contributed by atoms with Crippen LogP contribution in [0.15, 0.2) is 12.5 Å². The maximum Gasteiger partial charge on any atom is 0.0970 e. The van der Waals surface area contributed by atoms with Crippen molar-refractivity contribution in [1.29, 1.82) is 0 Å². The lowest BCUT2D eigenvalue weighted by Gasteiger charge is -2.29. The molecule has 0 saturated carbocycles. The van der Waals surface area contributed by atoms with Gasteiger partial charge in [-0.2, -0.15) is 0 Å². The molecular weight excluding hydrogens is 282 g/mol. The van der Waals surface area contributed by atoms with Crippen LogP contribution in [0.25, 0.3) is 0 Å². The Morgan fingerprint density at radius 2 is 1.95 bits per heavy atom. The third-order valence-corrected chi connectivity index (χ3v) is 5.35. The molecule has 1 heterocycles. The summed E-state index contributed by atoms with van der Waals surface area (Å²) in [5, 5.41) is 0. The number of hydrogen-bond acceptors (Lipinski definition) is 2. The Kier molecular flexibility index (Phi) is 6.60. The van der Waals surface area contributed by atoms with E-state index in [1.54, 1.807) is 7.05 Å². The van der Waals surface area contributed by atoms with Gasteiger partial charge in [0.2, 0.25) is 0 Å². The number of aromatic nitrogens is 2. The largest absolute Gasteiger partial charge is 0.337 e. The van der Waals surface area contributed by atoms with Gasteiger partial charge in [0.1, 0.15) is 0 Å². The first-order valence-electron chi connectivity index (χ1n) is 7.78. The van der Waals surface area contributed by atoms with E-state index in [0.29, 0.717) is 17.8 Å². The summed E-state index contributed by atoms with van der Waals surface area (Å²) < 4.78 is 16.9. The first-order valence-corrected chi connectivity index (χ1v) is 8.93. The molecule has 2 atom stereocenters. The highest BCUT2D eigenvalue weighted by Crippen LogP contribution is 2.33. The predicted molar refractivity (Wildman–Crippen MR) is 90.5 cm³/mol. The molecule has 1 unspecified atom stereocenters. The van der Waals surface area contributed by atoms with Crippen molar-refractivity contribution in [3.05, 3.63) is 18.2 Å². The topological polar surface area (TPSA) is 46.9 Å². The molecule has 1 aromatic heterocycles. The number of nitrogens with one attached hydrogen (secondary N) is 1. The van der Waals surface area contributed by atoms with Crippen LogP contribution in [0.1, 0.15) is 59.6 Å². The SMILES string of the molecule is CNS(=O)C(C)(C)C[C@H](c1cn(CC(C)C)cn1)C(C)C. The number of rotatable bonds is 8. The van der Waals surface area contributed by atoms with E-state index in [-0.39, 0.29) is 4.75 Å². The first kappa shape index (κ1) is 18.4. The van der Waals surface area contributed by atoms with E-state index in [9.17, 15) is 4.21 Å². The number of hydrogen-bond donors (Lipinski definition) is 1. The van der Waals surface area contributed by atoms with Gasteiger partial charge in [-0.25, -0.2) is 13.9 Å². The molecule has 0 aliphatic heterocycles. The van der Waals surface area contributed by atoms with Crippen molar-refractivity contribution < 1.29 is 4.21 Å². The van der Waals surface area contributed by atoms with E-state index in [0.717, 1.165) is 18.7 Å². The van der Waals surface area contributed by atoms with Gasteiger partial charge in [-0.1, -0.05) is 27.7 Å². The molecule has 0 amide bonds. The lowest BCUT2D eigenvalue weighted by Crippen LogP contribution is -2.36. The van der Waals surface area contributed by atoms with Crippen molar-refractivity contribution in [1.82, 2.24) is 14.3 Å². The molecule has 0 fully saturated rings. The maximum absolute atomic E-state index is 12.1. The summed E-state index contributed by atoms with van der Waals surface area (Å²) in [5.74, 6) is 1.41. The van der Waals surface area contributed by atoms with Crippen LogP contribution < -0.4 is 4.72 Å². The van der Waals surface area contributed by atoms with Crippen LogP contribution in [0.3, 0.4) is 0 Å². The van der Waals surface area contributed by atoms with Crippen LogP contribution in [0.2, 0.25) is 0 Å². The highest BCUT2D eigenvalue weighted by molar-refractivity contribution is 7.84. The maximum atomic E-state index is 12.1. The van der Waals surface area contributed by atoms with Crippen LogP contribution in [0, 0.1) is 11.8 Å². The molecule has 0 aliphatic carbocycles. The monoisotopic (exact) mass is 313 g/mol. The summed E-state index contributed by atoms with van der Waals surface area (Å²) in [6, 6.07) is 0. The number of nitrogens with zero attached hydrogens (tertiary/aromatic N) is 2. The van der Waals surface area contributed by atoms with E-state index in [4.69, 9.17) is 0 Å². The van der Waals surface area contributed by atoms with Crippen molar-refractivity contribution in [3.8, 4) is 0 Å². The van der Waals surface area contributed by atoms with E-state index in [1.165, 1.54) is 0 Å². The average molecular weight is 314 g/mol. The molecule has 0 aromatic carbocycles. The highest BCUT2D eigenvalue weighted by Gasteiger charge is 2.32. The first-order chi connectivity index (χ1) is 9.67. The Hall–Kier alpha value is -0.680. The minimum absolute atomic E-state index is 0.272. The summed E-state index contributed by atoms with van der Waals surface area (Å²) >= 11 is 0. The van der Waals surface area contributed by atoms with Crippen LogP contribution in [-0.4, -0.2) is 25.6 Å². The molecule has 0 radical (unpaired) electrons. The smallest absolute Gasteiger partial charge is 0.0970 e. The summed E-state index contributed by atoms with van der Waals surface area (Å²) in [6.07, 6.45) is 4.94. The molecule has 0 saturated heterocycles. The Bertz CT molecular complexity index is 466. The highest BCUT2D eigenvalue weighted by atomic mass is 32.2. The van der Waals surface area contributed by atoms with Gasteiger partial charge in [0.15, 0.2) is 0 Å². The molecule has 0 bridgehead atoms. The Morgan fingerprint density at radius 1 is 1.33 bits per heavy atom. The van der Waals surface area contributed by atoms with E-state index < -0.39 is 11.0 Å². The van der Waals surface area contributed by atoms with Gasteiger partial charge in [-0.15, -0.1) is 0 Å². The zero-order chi connectivity index (χ0) is 16.2. The quantitative estimate of drug-likeness (QED) is 0.800. The molecule has 1 aromatic rings. The van der Waals surface area contributed by atoms with Gasteiger partial charge in [0.05, 0.1) is 27.8 Å². The Labute approximate surface area is 132 Å². The summed E-state index contributed by atoms with van der Waals surface area (Å²) in [7, 11) is 0.714. The van der Waals surface area contributed by atoms with Crippen molar-refractivity contribution in [2.45, 2.75) is 65.2 Å². The van der Waals surface area contributed by atoms with Crippen molar-refractivity contribution in [3.63, 3.8) is 0 Å². The molecule has 5 heteroatoms. The van der Waals surface area contributed by atoms with E-state index in [2.05, 4.69) is 62.0 Å². The Morgan fingerprint density at radius 3 is 2.43 bits per heavy atom. The molecular formula is C16H31N3OS. The van der Waals surface area contributed by atoms with Gasteiger partial charge in [-0.3, -0.25) is 0 Å². The van der Waals surface area contributed by atoms with Crippen LogP contribution in [0.5, 0.6) is 0 Å². The lowest BCUT2D eigenvalue weighted by atomic mass is 9.85. The van der Waals surface area contributed by atoms with Crippen molar-refractivity contribution in [2.75, 3.05) is 7.05 Å². The predicted octanol–water partition coefficient (Wildman–Crippen LogP) is 3.33. The second kappa shape index (κ2) is 7.54. The zero-order valence-corrected chi connectivity index (χ0v) is 15.3. The standard InChI is InChI=1S/C16H31N3OS/c1-12(2)9-19-10-15(18-11-19)14(13(3)4)8-16(5,6)21(20)17-7/h10-14,17H,8-9H2,1-7H3/t14-,21?/m0/s1. The lowest BCUT2D eigenvalue weighted by molar-refractivity contribution is 0.413. The molecule has 21 heavy (non-hydrogen) atoms. The van der Waals surface area contributed by atoms with Crippen LogP contribution in [0.4, 0.5) is 0 Å². The van der Waals surface area contributed by atoms with Gasteiger partial charge in [0, 0.05) is 18.7 Å². The average Bonchev–Trinajstić information content (AvgIpc) is 2.81. The molecule has 0 spiro atoms. The van der Waals surface area contributed by atoms with Crippen molar-refractivity contribution >= 4 is 11.0 Å². The van der Waals surface area contributed by atoms with Gasteiger partial charge >= 0.3 is 0 Å². The minimum Gasteiger partial charge on any atom is -0.337 e. The van der Waals surface area contributed by atoms with Gasteiger partial charge in [0.25, 0.3) is 0 Å². The fourth-order valence-electron chi connectivity index (χ4n) is 2.65. The summed E-state index contributed by atoms with van der Waals surface area (Å²) in [6.45, 7) is 13.9. The molecule has 4 nitrogen and oxygen atoms in total. The fraction of sp³-hybridized carbons (Fsp3) is 0.812. The van der Waals surface area contributed by atoms with Crippen molar-refractivity contribution in [2.24, 2.45) is 11.8 Å². The van der Waals surface area contributed by atoms with E-state index >= 15 is 0 Å². The van der Waals surface area contributed by atoms with Crippen LogP contribution >= 0.6 is 0 Å². The summed E-state index contributed by atoms with van der Waals surface area (Å²) in [4.78, 5) is 4.60. The molecule has 122 valence electrons. The third kappa shape index (κ3) is 5.22. The molecule has 1 rings (SSSR count). The third-order valence-electron chi connectivity index (χ3n) is 3.81. The second-order valence-electron chi connectivity index (χ2n) is 7.18. The second-order valence-corrected chi connectivity index (χ2v) is 9.23. The minimum atomic E-state index is -1.04. The zero-order valence-electron chi connectivity index (χ0n) is 14.5. The normalized spacial score (nSPS) is 15.7. The fourth-order valence-corrected chi connectivity index (χ4v) is 3.54. The molecule has 0 aliphatic rings. The van der Waals surface area contributed by atoms with E-state index in [1.807, 2.05) is 6.33 Å².